The molecule has 1 saturated heterocycles. The Morgan fingerprint density at radius 3 is 2.83 bits per heavy atom. The molecule has 0 radical (unpaired) electrons. The highest BCUT2D eigenvalue weighted by molar-refractivity contribution is 6.38. The van der Waals surface area contributed by atoms with Gasteiger partial charge in [0.1, 0.15) is 11.4 Å². The Hall–Kier alpha value is -2.73. The van der Waals surface area contributed by atoms with E-state index in [9.17, 15) is 0 Å². The third kappa shape index (κ3) is 3.77. The quantitative estimate of drug-likeness (QED) is 0.300. The summed E-state index contributed by atoms with van der Waals surface area (Å²) in [4.78, 5) is 13.2. The molecule has 1 saturated carbocycles. The predicted molar refractivity (Wildman–Crippen MR) is 144 cm³/mol. The molecule has 0 spiro atoms. The van der Waals surface area contributed by atoms with E-state index in [2.05, 4.69) is 55.2 Å². The van der Waals surface area contributed by atoms with Crippen LogP contribution in [0.5, 0.6) is 0 Å². The minimum atomic E-state index is -0.510. The molecule has 2 fully saturated rings. The number of ether oxygens (including phenoxy) is 1. The normalized spacial score (nSPS) is 26.7. The van der Waals surface area contributed by atoms with Crippen LogP contribution in [0.1, 0.15) is 38.7 Å². The molecular weight excluding hydrogens is 456 g/mol. The second-order valence-electron chi connectivity index (χ2n) is 10.5. The van der Waals surface area contributed by atoms with Crippen LogP contribution in [0.2, 0.25) is 5.02 Å². The maximum absolute atomic E-state index is 6.83. The smallest absolute Gasteiger partial charge is 0.157 e. The minimum absolute atomic E-state index is 0.296. The predicted octanol–water partition coefficient (Wildman–Crippen LogP) is 7.17. The average Bonchev–Trinajstić information content (AvgIpc) is 3.44. The first kappa shape index (κ1) is 22.7. The lowest BCUT2D eigenvalue weighted by Gasteiger charge is -2.31. The molecule has 35 heavy (non-hydrogen) atoms. The maximum atomic E-state index is 6.83. The second-order valence-corrected chi connectivity index (χ2v) is 10.9. The number of rotatable bonds is 4. The van der Waals surface area contributed by atoms with Gasteiger partial charge in [-0.1, -0.05) is 54.9 Å². The summed E-state index contributed by atoms with van der Waals surface area (Å²) in [5, 5.41) is 3.98. The van der Waals surface area contributed by atoms with E-state index in [-0.39, 0.29) is 0 Å². The number of aliphatic imine (C=N–C) groups is 1. The monoisotopic (exact) mass is 486 g/mol. The van der Waals surface area contributed by atoms with Gasteiger partial charge in [0.05, 0.1) is 17.3 Å². The van der Waals surface area contributed by atoms with Crippen LogP contribution in [0.3, 0.4) is 0 Å². The van der Waals surface area contributed by atoms with Gasteiger partial charge in [0.15, 0.2) is 5.82 Å². The Kier molecular flexibility index (Phi) is 5.48. The highest BCUT2D eigenvalue weighted by Gasteiger charge is 2.54. The number of nitrogens with zero attached hydrogens (tertiary/aromatic N) is 2. The van der Waals surface area contributed by atoms with Crippen molar-refractivity contribution in [3.05, 3.63) is 59.1 Å². The minimum Gasteiger partial charge on any atom is -0.360 e. The number of fused-ring (bicyclic) bond motifs is 3. The van der Waals surface area contributed by atoms with Crippen LogP contribution < -0.4 is 5.73 Å². The van der Waals surface area contributed by atoms with E-state index in [0.717, 1.165) is 65.3 Å². The molecule has 2 aromatic carbocycles. The van der Waals surface area contributed by atoms with Crippen LogP contribution in [0.15, 0.2) is 53.5 Å². The van der Waals surface area contributed by atoms with Crippen LogP contribution in [0.4, 0.5) is 5.82 Å². The van der Waals surface area contributed by atoms with Gasteiger partial charge in [-0.2, -0.15) is 0 Å². The van der Waals surface area contributed by atoms with Crippen molar-refractivity contribution in [2.45, 2.75) is 45.8 Å². The zero-order valence-electron chi connectivity index (χ0n) is 20.4. The molecule has 4 aromatic rings. The molecule has 2 aromatic heterocycles. The van der Waals surface area contributed by atoms with Gasteiger partial charge in [0.25, 0.3) is 0 Å². The van der Waals surface area contributed by atoms with E-state index in [1.165, 1.54) is 10.8 Å². The molecule has 3 N–H and O–H groups in total. The highest BCUT2D eigenvalue weighted by atomic mass is 35.5. The fourth-order valence-electron chi connectivity index (χ4n) is 6.16. The van der Waals surface area contributed by atoms with Crippen molar-refractivity contribution >= 4 is 44.9 Å². The summed E-state index contributed by atoms with van der Waals surface area (Å²) in [5.41, 5.74) is 10.9. The van der Waals surface area contributed by atoms with Crippen molar-refractivity contribution in [1.82, 2.24) is 9.97 Å². The summed E-state index contributed by atoms with van der Waals surface area (Å²) < 4.78 is 6.09. The number of benzene rings is 2. The van der Waals surface area contributed by atoms with E-state index < -0.39 is 5.72 Å². The number of halogens is 1. The molecule has 4 atom stereocenters. The van der Waals surface area contributed by atoms with Crippen molar-refractivity contribution in [3.8, 4) is 11.3 Å². The zero-order chi connectivity index (χ0) is 24.3. The van der Waals surface area contributed by atoms with E-state index in [0.29, 0.717) is 22.8 Å². The fraction of sp³-hybridized carbons (Fsp3) is 0.379. The Morgan fingerprint density at radius 1 is 1.20 bits per heavy atom. The van der Waals surface area contributed by atoms with Crippen molar-refractivity contribution in [3.63, 3.8) is 0 Å². The SMILES string of the molecule is C/C(CC1CC[C@@H]2C(C)CO[C@]12N)=N\c1nc2[nH]c(-c3ccc4ccccc4c3)c(Cl)c2cc1C. The molecule has 6 heteroatoms. The summed E-state index contributed by atoms with van der Waals surface area (Å²) >= 11 is 6.83. The molecule has 2 unspecified atom stereocenters. The molecule has 6 rings (SSSR count). The Bertz CT molecular complexity index is 1470. The molecule has 3 heterocycles. The third-order valence-electron chi connectivity index (χ3n) is 8.09. The highest BCUT2D eigenvalue weighted by Crippen LogP contribution is 2.49. The lowest BCUT2D eigenvalue weighted by Crippen LogP contribution is -2.48. The zero-order valence-corrected chi connectivity index (χ0v) is 21.2. The van der Waals surface area contributed by atoms with E-state index in [1.807, 2.05) is 19.1 Å². The van der Waals surface area contributed by atoms with Crippen molar-refractivity contribution in [2.24, 2.45) is 28.5 Å². The number of nitrogens with one attached hydrogen (secondary N) is 1. The second kappa shape index (κ2) is 8.44. The van der Waals surface area contributed by atoms with Gasteiger partial charge in [-0.3, -0.25) is 0 Å². The van der Waals surface area contributed by atoms with E-state index in [4.69, 9.17) is 32.0 Å². The van der Waals surface area contributed by atoms with Crippen molar-refractivity contribution in [1.29, 1.82) is 0 Å². The Morgan fingerprint density at radius 2 is 2.00 bits per heavy atom. The Balaban J connectivity index is 1.31. The number of nitrogens with two attached hydrogens (primary N) is 1. The van der Waals surface area contributed by atoms with Gasteiger partial charge in [0, 0.05) is 28.5 Å². The van der Waals surface area contributed by atoms with Gasteiger partial charge in [-0.15, -0.1) is 0 Å². The lowest BCUT2D eigenvalue weighted by atomic mass is 9.86. The third-order valence-corrected chi connectivity index (χ3v) is 8.48. The summed E-state index contributed by atoms with van der Waals surface area (Å²) in [6.45, 7) is 7.12. The first-order valence-electron chi connectivity index (χ1n) is 12.5. The molecule has 2 aliphatic rings. The Labute approximate surface area is 210 Å². The van der Waals surface area contributed by atoms with Crippen LogP contribution in [-0.2, 0) is 4.74 Å². The van der Waals surface area contributed by atoms with Crippen LogP contribution in [0.25, 0.3) is 33.1 Å². The van der Waals surface area contributed by atoms with Gasteiger partial charge in [-0.05, 0) is 67.5 Å². The van der Waals surface area contributed by atoms with Crippen molar-refractivity contribution < 1.29 is 4.74 Å². The number of aromatic nitrogens is 2. The van der Waals surface area contributed by atoms with Gasteiger partial charge in [0.2, 0.25) is 0 Å². The van der Waals surface area contributed by atoms with Crippen LogP contribution in [0, 0.1) is 24.7 Å². The first-order chi connectivity index (χ1) is 16.8. The standard InChI is InChI=1S/C29H31ClN4O/c1-16-12-23-25(30)26(21-9-8-19-6-4-5-7-20(19)14-21)33-28(23)34-27(16)32-18(3)13-22-10-11-24-17(2)15-35-29(22,24)31/h4-9,12,14,17,22,24H,10-11,13,15,31H2,1-3H3,(H,33,34)/b32-18+/t17?,22?,24-,29-/m1/s1. The number of aromatic amines is 1. The molecule has 0 bridgehead atoms. The molecule has 1 aliphatic heterocycles. The van der Waals surface area contributed by atoms with Crippen LogP contribution in [-0.4, -0.2) is 28.0 Å². The average molecular weight is 487 g/mol. The topological polar surface area (TPSA) is 76.3 Å². The number of aryl methyl sites for hydroxylation is 1. The van der Waals surface area contributed by atoms with Crippen LogP contribution >= 0.6 is 11.6 Å². The summed E-state index contributed by atoms with van der Waals surface area (Å²) in [6.07, 6.45) is 3.05. The molecule has 180 valence electrons. The largest absolute Gasteiger partial charge is 0.360 e. The van der Waals surface area contributed by atoms with Gasteiger partial charge >= 0.3 is 0 Å². The van der Waals surface area contributed by atoms with E-state index in [1.54, 1.807) is 0 Å². The maximum Gasteiger partial charge on any atom is 0.157 e. The molecule has 1 aliphatic carbocycles. The van der Waals surface area contributed by atoms with Gasteiger partial charge < -0.3 is 15.5 Å². The molecule has 0 amide bonds. The number of pyridine rings is 1. The fourth-order valence-corrected chi connectivity index (χ4v) is 6.46. The summed E-state index contributed by atoms with van der Waals surface area (Å²) in [5.74, 6) is 2.00. The van der Waals surface area contributed by atoms with E-state index >= 15 is 0 Å². The summed E-state index contributed by atoms with van der Waals surface area (Å²) in [7, 11) is 0. The van der Waals surface area contributed by atoms with Gasteiger partial charge in [-0.25, -0.2) is 9.98 Å². The van der Waals surface area contributed by atoms with Crippen molar-refractivity contribution in [2.75, 3.05) is 6.61 Å². The molecule has 5 nitrogen and oxygen atoms in total. The number of H-pyrrole nitrogens is 1. The summed E-state index contributed by atoms with van der Waals surface area (Å²) in [6, 6.07) is 16.8. The first-order valence-corrected chi connectivity index (χ1v) is 12.9. The number of hydrogen-bond donors (Lipinski definition) is 2. The lowest BCUT2D eigenvalue weighted by molar-refractivity contribution is -0.0377. The number of hydrogen-bond acceptors (Lipinski definition) is 4. The molecular formula is C29H31ClN4O.